The molecule has 140 valence electrons. The zero-order valence-electron chi connectivity index (χ0n) is 15.2. The van der Waals surface area contributed by atoms with Gasteiger partial charge in [0.25, 0.3) is 10.2 Å². The topological polar surface area (TPSA) is 43.9 Å². The summed E-state index contributed by atoms with van der Waals surface area (Å²) in [7, 11) is -0.194. The van der Waals surface area contributed by atoms with Crippen LogP contribution in [0.2, 0.25) is 0 Å². The molecule has 3 atom stereocenters. The summed E-state index contributed by atoms with van der Waals surface area (Å²) in [6.45, 7) is 3.48. The fourth-order valence-electron chi connectivity index (χ4n) is 4.36. The number of nitrogens with zero attached hydrogens (tertiary/aromatic N) is 3. The Labute approximate surface area is 160 Å². The van der Waals surface area contributed by atoms with Crippen molar-refractivity contribution in [2.24, 2.45) is 11.8 Å². The van der Waals surface area contributed by atoms with Crippen molar-refractivity contribution >= 4 is 21.5 Å². The maximum Gasteiger partial charge on any atom is 0.282 e. The minimum atomic E-state index is -3.43. The van der Waals surface area contributed by atoms with Crippen molar-refractivity contribution in [3.05, 3.63) is 58.3 Å². The Morgan fingerprint density at radius 1 is 1.08 bits per heavy atom. The van der Waals surface area contributed by atoms with Crippen LogP contribution in [-0.2, 0) is 16.8 Å². The highest BCUT2D eigenvalue weighted by atomic mass is 32.2. The second-order valence-corrected chi connectivity index (χ2v) is 10.5. The average molecular weight is 392 g/mol. The molecule has 0 aliphatic carbocycles. The molecule has 7 heteroatoms. The molecule has 2 aromatic rings. The van der Waals surface area contributed by atoms with Crippen LogP contribution in [0.5, 0.6) is 0 Å². The van der Waals surface area contributed by atoms with Crippen LogP contribution in [-0.4, -0.2) is 55.7 Å². The summed E-state index contributed by atoms with van der Waals surface area (Å²) >= 11 is 1.79. The first-order chi connectivity index (χ1) is 12.5. The fraction of sp³-hybridized carbons (Fsp3) is 0.474. The van der Waals surface area contributed by atoms with Crippen LogP contribution in [0.3, 0.4) is 0 Å². The molecule has 4 rings (SSSR count). The van der Waals surface area contributed by atoms with E-state index in [1.807, 2.05) is 18.2 Å². The quantitative estimate of drug-likeness (QED) is 0.787. The predicted molar refractivity (Wildman–Crippen MR) is 105 cm³/mol. The summed E-state index contributed by atoms with van der Waals surface area (Å²) in [6.07, 6.45) is 0. The van der Waals surface area contributed by atoms with Gasteiger partial charge in [-0.05, 0) is 28.8 Å². The molecule has 0 amide bonds. The van der Waals surface area contributed by atoms with Gasteiger partial charge < -0.3 is 0 Å². The Morgan fingerprint density at radius 3 is 2.50 bits per heavy atom. The maximum absolute atomic E-state index is 12.9. The standard InChI is InChI=1S/C19H25N3O2S2/c1-20(2)26(23,24)22-12-16-11-21(13-17-9-6-10-25-17)14-18(16)19(22)15-7-4-3-5-8-15/h3-10,16,18-19H,11-14H2,1-2H3/t16-,18-,19+/m0/s1. The smallest absolute Gasteiger partial charge is 0.282 e. The highest BCUT2D eigenvalue weighted by molar-refractivity contribution is 7.86. The molecular formula is C19H25N3O2S2. The van der Waals surface area contributed by atoms with Gasteiger partial charge in [-0.15, -0.1) is 11.3 Å². The van der Waals surface area contributed by atoms with E-state index in [1.54, 1.807) is 29.7 Å². The van der Waals surface area contributed by atoms with Crippen LogP contribution >= 0.6 is 11.3 Å². The Bertz CT molecular complexity index is 837. The van der Waals surface area contributed by atoms with Gasteiger partial charge in [0.2, 0.25) is 0 Å². The third-order valence-electron chi connectivity index (χ3n) is 5.56. The first-order valence-corrected chi connectivity index (χ1v) is 11.2. The van der Waals surface area contributed by atoms with Gasteiger partial charge in [-0.1, -0.05) is 36.4 Å². The van der Waals surface area contributed by atoms with Gasteiger partial charge in [0.1, 0.15) is 0 Å². The van der Waals surface area contributed by atoms with Crippen molar-refractivity contribution in [3.8, 4) is 0 Å². The Kier molecular flexibility index (Phi) is 4.92. The molecule has 1 aromatic carbocycles. The number of hydrogen-bond acceptors (Lipinski definition) is 4. The van der Waals surface area contributed by atoms with Crippen LogP contribution in [0, 0.1) is 11.8 Å². The van der Waals surface area contributed by atoms with Crippen LogP contribution in [0.25, 0.3) is 0 Å². The Hall–Kier alpha value is -1.25. The molecule has 0 saturated carbocycles. The summed E-state index contributed by atoms with van der Waals surface area (Å²) in [6, 6.07) is 14.3. The number of rotatable bonds is 5. The summed E-state index contributed by atoms with van der Waals surface area (Å²) in [4.78, 5) is 3.86. The molecule has 1 aromatic heterocycles. The van der Waals surface area contributed by atoms with Gasteiger partial charge in [0.05, 0.1) is 6.04 Å². The zero-order chi connectivity index (χ0) is 18.3. The SMILES string of the molecule is CN(C)S(=O)(=O)N1C[C@@H]2CN(Cc3cccs3)C[C@@H]2[C@H]1c1ccccc1. The van der Waals surface area contributed by atoms with E-state index >= 15 is 0 Å². The average Bonchev–Trinajstić information content (AvgIpc) is 3.31. The van der Waals surface area contributed by atoms with Gasteiger partial charge in [-0.2, -0.15) is 17.0 Å². The minimum Gasteiger partial charge on any atom is -0.298 e. The van der Waals surface area contributed by atoms with Gasteiger partial charge in [0, 0.05) is 45.2 Å². The van der Waals surface area contributed by atoms with Gasteiger partial charge >= 0.3 is 0 Å². The van der Waals surface area contributed by atoms with E-state index in [0.717, 1.165) is 25.2 Å². The lowest BCUT2D eigenvalue weighted by molar-refractivity contribution is 0.255. The molecule has 0 unspecified atom stereocenters. The summed E-state index contributed by atoms with van der Waals surface area (Å²) in [5.41, 5.74) is 1.10. The van der Waals surface area contributed by atoms with Crippen molar-refractivity contribution in [2.45, 2.75) is 12.6 Å². The largest absolute Gasteiger partial charge is 0.298 e. The third-order valence-corrected chi connectivity index (χ3v) is 8.31. The van der Waals surface area contributed by atoms with E-state index in [-0.39, 0.29) is 6.04 Å². The molecule has 0 spiro atoms. The highest BCUT2D eigenvalue weighted by Crippen LogP contribution is 2.46. The van der Waals surface area contributed by atoms with Gasteiger partial charge in [0.15, 0.2) is 0 Å². The predicted octanol–water partition coefficient (Wildman–Crippen LogP) is 2.66. The van der Waals surface area contributed by atoms with E-state index in [2.05, 4.69) is 34.5 Å². The van der Waals surface area contributed by atoms with Crippen LogP contribution in [0.1, 0.15) is 16.5 Å². The summed E-state index contributed by atoms with van der Waals surface area (Å²) in [5, 5.41) is 2.12. The molecule has 2 aliphatic heterocycles. The lowest BCUT2D eigenvalue weighted by atomic mass is 9.90. The molecule has 5 nitrogen and oxygen atoms in total. The number of benzene rings is 1. The van der Waals surface area contributed by atoms with Gasteiger partial charge in [-0.25, -0.2) is 0 Å². The molecule has 2 fully saturated rings. The van der Waals surface area contributed by atoms with Crippen molar-refractivity contribution < 1.29 is 8.42 Å². The van der Waals surface area contributed by atoms with Crippen LogP contribution in [0.4, 0.5) is 0 Å². The number of fused-ring (bicyclic) bond motifs is 1. The molecule has 0 radical (unpaired) electrons. The first kappa shape index (κ1) is 18.1. The number of likely N-dealkylation sites (tertiary alicyclic amines) is 1. The molecule has 0 bridgehead atoms. The molecule has 2 saturated heterocycles. The molecule has 2 aliphatic rings. The Balaban J connectivity index is 1.61. The van der Waals surface area contributed by atoms with E-state index in [1.165, 1.54) is 9.18 Å². The second-order valence-electron chi connectivity index (χ2n) is 7.41. The van der Waals surface area contributed by atoms with Crippen LogP contribution in [0.15, 0.2) is 47.8 Å². The summed E-state index contributed by atoms with van der Waals surface area (Å²) in [5.74, 6) is 0.724. The van der Waals surface area contributed by atoms with E-state index in [0.29, 0.717) is 18.4 Å². The van der Waals surface area contributed by atoms with Gasteiger partial charge in [-0.3, -0.25) is 4.90 Å². The van der Waals surface area contributed by atoms with E-state index in [9.17, 15) is 8.42 Å². The van der Waals surface area contributed by atoms with Crippen molar-refractivity contribution in [1.82, 2.24) is 13.5 Å². The Morgan fingerprint density at radius 2 is 1.85 bits per heavy atom. The van der Waals surface area contributed by atoms with Crippen LogP contribution < -0.4 is 0 Å². The molecule has 3 heterocycles. The monoisotopic (exact) mass is 391 g/mol. The number of thiophene rings is 1. The van der Waals surface area contributed by atoms with Crippen molar-refractivity contribution in [2.75, 3.05) is 33.7 Å². The second kappa shape index (κ2) is 7.05. The molecule has 0 N–H and O–H groups in total. The zero-order valence-corrected chi connectivity index (χ0v) is 16.8. The highest BCUT2D eigenvalue weighted by Gasteiger charge is 2.51. The lowest BCUT2D eigenvalue weighted by Gasteiger charge is -2.31. The van der Waals surface area contributed by atoms with Crippen molar-refractivity contribution in [3.63, 3.8) is 0 Å². The van der Waals surface area contributed by atoms with E-state index in [4.69, 9.17) is 0 Å². The van der Waals surface area contributed by atoms with Crippen molar-refractivity contribution in [1.29, 1.82) is 0 Å². The normalized spacial score (nSPS) is 27.3. The maximum atomic E-state index is 12.9. The first-order valence-electron chi connectivity index (χ1n) is 8.96. The molecule has 26 heavy (non-hydrogen) atoms. The lowest BCUT2D eigenvalue weighted by Crippen LogP contribution is -2.42. The van der Waals surface area contributed by atoms with E-state index < -0.39 is 10.2 Å². The minimum absolute atomic E-state index is 0.0815. The fourth-order valence-corrected chi connectivity index (χ4v) is 6.47. The summed E-state index contributed by atoms with van der Waals surface area (Å²) < 4.78 is 28.9. The number of hydrogen-bond donors (Lipinski definition) is 0. The molecular weight excluding hydrogens is 366 g/mol. The third kappa shape index (κ3) is 3.23.